The molecule has 1 fully saturated rings. The predicted molar refractivity (Wildman–Crippen MR) is 99.7 cm³/mol. The first-order valence-corrected chi connectivity index (χ1v) is 9.07. The van der Waals surface area contributed by atoms with Gasteiger partial charge in [0.2, 0.25) is 5.91 Å². The van der Waals surface area contributed by atoms with E-state index < -0.39 is 0 Å². The molecule has 3 rings (SSSR count). The molecular weight excluding hydrogens is 380 g/mol. The number of halogens is 1. The van der Waals surface area contributed by atoms with Gasteiger partial charge >= 0.3 is 0 Å². The van der Waals surface area contributed by atoms with Crippen molar-refractivity contribution >= 4 is 27.7 Å². The molecule has 1 aromatic carbocycles. The molecule has 1 aliphatic heterocycles. The number of aromatic nitrogens is 1. The lowest BCUT2D eigenvalue weighted by Gasteiger charge is -2.32. The lowest BCUT2D eigenvalue weighted by molar-refractivity contribution is -0.121. The maximum atomic E-state index is 12.5. The molecule has 1 aliphatic rings. The molecule has 128 valence electrons. The van der Waals surface area contributed by atoms with Gasteiger partial charge in [0.15, 0.2) is 0 Å². The van der Waals surface area contributed by atoms with E-state index >= 15 is 0 Å². The number of nitrogens with zero attached hydrogens (tertiary/aromatic N) is 3. The highest BCUT2D eigenvalue weighted by Gasteiger charge is 2.26. The fraction of sp³-hybridized carbons (Fsp3) is 0.316. The zero-order valence-corrected chi connectivity index (χ0v) is 15.4. The number of amides is 1. The molecule has 0 radical (unpaired) electrons. The standard InChI is InChI=1S/C19H19BrN4O/c20-17-6-7-18(22-11-17)23-19(25)16-5-2-8-24(13-16)12-15-4-1-3-14(9-15)10-21/h1,3-4,6-7,9,11,16H,2,5,8,12-13H2,(H,22,23,25)/t16-/m1/s1. The summed E-state index contributed by atoms with van der Waals surface area (Å²) < 4.78 is 0.883. The minimum Gasteiger partial charge on any atom is -0.310 e. The first-order chi connectivity index (χ1) is 12.1. The van der Waals surface area contributed by atoms with Gasteiger partial charge in [-0.1, -0.05) is 12.1 Å². The average Bonchev–Trinajstić information content (AvgIpc) is 2.64. The fourth-order valence-corrected chi connectivity index (χ4v) is 3.32. The van der Waals surface area contributed by atoms with E-state index in [0.29, 0.717) is 11.4 Å². The van der Waals surface area contributed by atoms with Gasteiger partial charge in [0.25, 0.3) is 0 Å². The van der Waals surface area contributed by atoms with Crippen LogP contribution in [0.4, 0.5) is 5.82 Å². The van der Waals surface area contributed by atoms with Crippen molar-refractivity contribution in [2.24, 2.45) is 5.92 Å². The van der Waals surface area contributed by atoms with Crippen LogP contribution in [-0.2, 0) is 11.3 Å². The molecule has 1 aromatic heterocycles. The molecule has 0 bridgehead atoms. The Morgan fingerprint density at radius 2 is 2.28 bits per heavy atom. The SMILES string of the molecule is N#Cc1cccc(CN2CCC[C@@H](C(=O)Nc3ccc(Br)cn3)C2)c1. The molecular formula is C19H19BrN4O. The second kappa shape index (κ2) is 8.24. The van der Waals surface area contributed by atoms with Gasteiger partial charge in [-0.2, -0.15) is 5.26 Å². The second-order valence-electron chi connectivity index (χ2n) is 6.24. The van der Waals surface area contributed by atoms with E-state index in [1.807, 2.05) is 24.3 Å². The van der Waals surface area contributed by atoms with Gasteiger partial charge in [-0.25, -0.2) is 4.98 Å². The number of carbonyl (C=O) groups excluding carboxylic acids is 1. The molecule has 2 aromatic rings. The van der Waals surface area contributed by atoms with E-state index in [4.69, 9.17) is 5.26 Å². The number of anilines is 1. The van der Waals surface area contributed by atoms with Gasteiger partial charge in [0.1, 0.15) is 5.82 Å². The lowest BCUT2D eigenvalue weighted by Crippen LogP contribution is -2.40. The highest BCUT2D eigenvalue weighted by Crippen LogP contribution is 2.21. The quantitative estimate of drug-likeness (QED) is 0.854. The van der Waals surface area contributed by atoms with Crippen molar-refractivity contribution in [2.45, 2.75) is 19.4 Å². The Kier molecular flexibility index (Phi) is 5.79. The summed E-state index contributed by atoms with van der Waals surface area (Å²) in [6.45, 7) is 2.45. The molecule has 0 spiro atoms. The van der Waals surface area contributed by atoms with E-state index in [0.717, 1.165) is 42.5 Å². The normalized spacial score (nSPS) is 17.7. The van der Waals surface area contributed by atoms with Crippen LogP contribution in [-0.4, -0.2) is 28.9 Å². The Morgan fingerprint density at radius 1 is 1.40 bits per heavy atom. The number of hydrogen-bond acceptors (Lipinski definition) is 4. The summed E-state index contributed by atoms with van der Waals surface area (Å²) in [6.07, 6.45) is 3.55. The molecule has 1 N–H and O–H groups in total. The van der Waals surface area contributed by atoms with Crippen molar-refractivity contribution in [3.8, 4) is 6.07 Å². The van der Waals surface area contributed by atoms with Crippen LogP contribution in [0.25, 0.3) is 0 Å². The molecule has 1 saturated heterocycles. The molecule has 1 atom stereocenters. The van der Waals surface area contributed by atoms with Crippen LogP contribution in [0, 0.1) is 17.2 Å². The molecule has 0 aliphatic carbocycles. The number of pyridine rings is 1. The van der Waals surface area contributed by atoms with Gasteiger partial charge in [-0.15, -0.1) is 0 Å². The van der Waals surface area contributed by atoms with E-state index in [2.05, 4.69) is 37.2 Å². The Balaban J connectivity index is 1.59. The lowest BCUT2D eigenvalue weighted by atomic mass is 9.96. The summed E-state index contributed by atoms with van der Waals surface area (Å²) in [5, 5.41) is 11.9. The Bertz CT molecular complexity index is 785. The van der Waals surface area contributed by atoms with Crippen molar-refractivity contribution in [1.29, 1.82) is 5.26 Å². The molecule has 6 heteroatoms. The van der Waals surface area contributed by atoms with Crippen molar-refractivity contribution in [3.05, 3.63) is 58.2 Å². The van der Waals surface area contributed by atoms with Crippen LogP contribution in [0.2, 0.25) is 0 Å². The highest BCUT2D eigenvalue weighted by atomic mass is 79.9. The Morgan fingerprint density at radius 3 is 3.04 bits per heavy atom. The average molecular weight is 399 g/mol. The summed E-state index contributed by atoms with van der Waals surface area (Å²) in [6, 6.07) is 13.5. The van der Waals surface area contributed by atoms with E-state index in [1.165, 1.54) is 0 Å². The number of piperidine rings is 1. The van der Waals surface area contributed by atoms with Crippen LogP contribution in [0.5, 0.6) is 0 Å². The zero-order chi connectivity index (χ0) is 17.6. The van der Waals surface area contributed by atoms with Gasteiger partial charge in [0, 0.05) is 23.8 Å². The predicted octanol–water partition coefficient (Wildman–Crippen LogP) is 3.57. The van der Waals surface area contributed by atoms with Crippen LogP contribution in [0.3, 0.4) is 0 Å². The van der Waals surface area contributed by atoms with Crippen LogP contribution >= 0.6 is 15.9 Å². The van der Waals surface area contributed by atoms with E-state index in [1.54, 1.807) is 18.3 Å². The third-order valence-electron chi connectivity index (χ3n) is 4.32. The summed E-state index contributed by atoms with van der Waals surface area (Å²) in [5.41, 5.74) is 1.78. The van der Waals surface area contributed by atoms with E-state index in [-0.39, 0.29) is 11.8 Å². The largest absolute Gasteiger partial charge is 0.310 e. The monoisotopic (exact) mass is 398 g/mol. The molecule has 5 nitrogen and oxygen atoms in total. The van der Waals surface area contributed by atoms with Crippen molar-refractivity contribution < 1.29 is 4.79 Å². The molecule has 2 heterocycles. The van der Waals surface area contributed by atoms with Crippen molar-refractivity contribution in [3.63, 3.8) is 0 Å². The minimum atomic E-state index is -0.0432. The summed E-state index contributed by atoms with van der Waals surface area (Å²) in [5.74, 6) is 0.552. The van der Waals surface area contributed by atoms with Gasteiger partial charge in [-0.05, 0) is 65.1 Å². The highest BCUT2D eigenvalue weighted by molar-refractivity contribution is 9.10. The minimum absolute atomic E-state index is 0.0188. The molecule has 0 saturated carbocycles. The molecule has 1 amide bonds. The molecule has 25 heavy (non-hydrogen) atoms. The smallest absolute Gasteiger partial charge is 0.229 e. The number of carbonyl (C=O) groups is 1. The molecule has 0 unspecified atom stereocenters. The van der Waals surface area contributed by atoms with Crippen LogP contribution in [0.1, 0.15) is 24.0 Å². The number of rotatable bonds is 4. The number of nitrogens with one attached hydrogen (secondary N) is 1. The maximum Gasteiger partial charge on any atom is 0.229 e. The van der Waals surface area contributed by atoms with Crippen molar-refractivity contribution in [1.82, 2.24) is 9.88 Å². The van der Waals surface area contributed by atoms with Gasteiger partial charge < -0.3 is 5.32 Å². The van der Waals surface area contributed by atoms with Gasteiger partial charge in [0.05, 0.1) is 17.6 Å². The Hall–Kier alpha value is -2.23. The summed E-state index contributed by atoms with van der Waals surface area (Å²) in [7, 11) is 0. The van der Waals surface area contributed by atoms with E-state index in [9.17, 15) is 4.79 Å². The third kappa shape index (κ3) is 4.88. The van der Waals surface area contributed by atoms with Crippen LogP contribution in [0.15, 0.2) is 47.1 Å². The topological polar surface area (TPSA) is 69.0 Å². The van der Waals surface area contributed by atoms with Gasteiger partial charge in [-0.3, -0.25) is 9.69 Å². The van der Waals surface area contributed by atoms with Crippen molar-refractivity contribution in [2.75, 3.05) is 18.4 Å². The zero-order valence-electron chi connectivity index (χ0n) is 13.8. The fourth-order valence-electron chi connectivity index (χ4n) is 3.09. The maximum absolute atomic E-state index is 12.5. The number of benzene rings is 1. The second-order valence-corrected chi connectivity index (χ2v) is 7.15. The number of likely N-dealkylation sites (tertiary alicyclic amines) is 1. The number of hydrogen-bond donors (Lipinski definition) is 1. The first-order valence-electron chi connectivity index (χ1n) is 8.28. The summed E-state index contributed by atoms with van der Waals surface area (Å²) in [4.78, 5) is 19.0. The summed E-state index contributed by atoms with van der Waals surface area (Å²) >= 11 is 3.34. The third-order valence-corrected chi connectivity index (χ3v) is 4.79. The first kappa shape index (κ1) is 17.6. The van der Waals surface area contributed by atoms with Crippen LogP contribution < -0.4 is 5.32 Å². The number of nitriles is 1. The Labute approximate surface area is 155 Å².